The van der Waals surface area contributed by atoms with Gasteiger partial charge in [-0.25, -0.2) is 0 Å². The molecule has 0 saturated heterocycles. The van der Waals surface area contributed by atoms with Crippen LogP contribution in [-0.2, 0) is 0 Å². The number of fused-ring (bicyclic) bond motifs is 5. The van der Waals surface area contributed by atoms with Crippen LogP contribution in [0.3, 0.4) is 0 Å². The minimum Gasteiger partial charge on any atom is -0.309 e. The maximum atomic E-state index is 2.56. The van der Waals surface area contributed by atoms with E-state index in [1.165, 1.54) is 124 Å². The molecule has 1 aliphatic rings. The lowest BCUT2D eigenvalue weighted by Gasteiger charge is -2.31. The van der Waals surface area contributed by atoms with Crippen LogP contribution in [0, 0.1) is 0 Å². The molecule has 0 radical (unpaired) electrons. The summed E-state index contributed by atoms with van der Waals surface area (Å²) in [4.78, 5) is 2.56. The summed E-state index contributed by atoms with van der Waals surface area (Å²) in [5.41, 5.74) is 14.6. The second-order valence-corrected chi connectivity index (χ2v) is 18.5. The van der Waals surface area contributed by atoms with Crippen molar-refractivity contribution < 1.29 is 0 Å². The summed E-state index contributed by atoms with van der Waals surface area (Å²) in [6.07, 6.45) is 6.44. The molecule has 0 N–H and O–H groups in total. The lowest BCUT2D eigenvalue weighted by atomic mass is 9.80. The highest BCUT2D eigenvalue weighted by atomic mass is 32.1. The first-order valence-corrected chi connectivity index (χ1v) is 23.7. The van der Waals surface area contributed by atoms with Gasteiger partial charge in [0.1, 0.15) is 0 Å². The van der Waals surface area contributed by atoms with E-state index in [1.807, 2.05) is 11.3 Å². The molecule has 11 aromatic rings. The van der Waals surface area contributed by atoms with E-state index in [-0.39, 0.29) is 0 Å². The van der Waals surface area contributed by atoms with E-state index in [4.69, 9.17) is 0 Å². The summed E-state index contributed by atoms with van der Waals surface area (Å²) < 4.78 is 2.63. The molecule has 1 aliphatic carbocycles. The van der Waals surface area contributed by atoms with Crippen molar-refractivity contribution in [3.05, 3.63) is 224 Å². The highest BCUT2D eigenvalue weighted by Gasteiger charge is 2.25. The van der Waals surface area contributed by atoms with Crippen molar-refractivity contribution in [1.29, 1.82) is 0 Å². The molecule has 12 rings (SSSR count). The lowest BCUT2D eigenvalue weighted by Crippen LogP contribution is -2.13. The molecule has 0 atom stereocenters. The number of hydrogen-bond donors (Lipinski definition) is 0. The highest BCUT2D eigenvalue weighted by molar-refractivity contribution is 7.25. The zero-order chi connectivity index (χ0) is 42.4. The monoisotopic (exact) mass is 837 g/mol. The zero-order valence-corrected chi connectivity index (χ0v) is 36.6. The van der Waals surface area contributed by atoms with E-state index in [1.54, 1.807) is 0 Å². The highest BCUT2D eigenvalue weighted by Crippen LogP contribution is 2.50. The van der Waals surface area contributed by atoms with Crippen LogP contribution in [0.5, 0.6) is 0 Å². The second-order valence-electron chi connectivity index (χ2n) is 17.4. The van der Waals surface area contributed by atoms with Crippen LogP contribution in [0.1, 0.15) is 43.6 Å². The standard InChI is InChI=1S/C62H47NS/c1-3-18-43(19-4-1)51-39-38-47(50-31-14-23-42-22-7-8-28-49(42)50)41-58(51)63(48-27-13-26-46(40-48)53-33-17-37-60-62(53)56-30-10-12-36-59(56)64-60)57-35-11-9-29-54(57)55-34-16-25-45-24-15-32-52(61(45)55)44-20-5-2-6-21-44/h1,3-4,7-19,22-41,44H,2,5-6,20-21H2. The molecule has 64 heavy (non-hydrogen) atoms. The topological polar surface area (TPSA) is 3.24 Å². The Morgan fingerprint density at radius 3 is 1.88 bits per heavy atom. The Hall–Kier alpha value is -7.26. The largest absolute Gasteiger partial charge is 0.309 e. The molecule has 0 amide bonds. The lowest BCUT2D eigenvalue weighted by molar-refractivity contribution is 0.445. The van der Waals surface area contributed by atoms with Crippen molar-refractivity contribution in [2.75, 3.05) is 4.90 Å². The van der Waals surface area contributed by atoms with Gasteiger partial charge in [0.05, 0.1) is 11.4 Å². The fourth-order valence-corrected chi connectivity index (χ4v) is 11.8. The summed E-state index contributed by atoms with van der Waals surface area (Å²) in [6, 6.07) is 81.5. The summed E-state index contributed by atoms with van der Waals surface area (Å²) in [5.74, 6) is 0.566. The van der Waals surface area contributed by atoms with Gasteiger partial charge in [-0.1, -0.05) is 201 Å². The van der Waals surface area contributed by atoms with Crippen LogP contribution >= 0.6 is 11.3 Å². The van der Waals surface area contributed by atoms with E-state index in [0.717, 1.165) is 17.1 Å². The van der Waals surface area contributed by atoms with Gasteiger partial charge in [-0.05, 0) is 116 Å². The summed E-state index contributed by atoms with van der Waals surface area (Å²) in [5, 5.41) is 7.82. The Labute approximate surface area is 379 Å². The maximum absolute atomic E-state index is 2.56. The number of hydrogen-bond acceptors (Lipinski definition) is 2. The van der Waals surface area contributed by atoms with Crippen LogP contribution in [-0.4, -0.2) is 0 Å². The van der Waals surface area contributed by atoms with Crippen LogP contribution in [0.2, 0.25) is 0 Å². The first-order chi connectivity index (χ1) is 31.8. The molecule has 10 aromatic carbocycles. The third-order valence-electron chi connectivity index (χ3n) is 13.7. The normalized spacial score (nSPS) is 13.2. The number of nitrogens with zero attached hydrogens (tertiary/aromatic N) is 1. The predicted molar refractivity (Wildman–Crippen MR) is 277 cm³/mol. The van der Waals surface area contributed by atoms with Gasteiger partial charge in [-0.2, -0.15) is 0 Å². The predicted octanol–water partition coefficient (Wildman–Crippen LogP) is 18.5. The van der Waals surface area contributed by atoms with Gasteiger partial charge in [0.25, 0.3) is 0 Å². The Kier molecular flexibility index (Phi) is 9.88. The van der Waals surface area contributed by atoms with Crippen LogP contribution < -0.4 is 4.90 Å². The second kappa shape index (κ2) is 16.5. The fourth-order valence-electron chi connectivity index (χ4n) is 10.7. The van der Waals surface area contributed by atoms with Crippen molar-refractivity contribution >= 4 is 70.1 Å². The van der Waals surface area contributed by atoms with Crippen molar-refractivity contribution in [2.45, 2.75) is 38.0 Å². The molecule has 2 heteroatoms. The molecule has 0 bridgehead atoms. The molecule has 1 fully saturated rings. The van der Waals surface area contributed by atoms with Crippen LogP contribution in [0.4, 0.5) is 17.1 Å². The maximum Gasteiger partial charge on any atom is 0.0546 e. The van der Waals surface area contributed by atoms with Crippen molar-refractivity contribution in [3.63, 3.8) is 0 Å². The molecule has 0 aliphatic heterocycles. The summed E-state index contributed by atoms with van der Waals surface area (Å²) >= 11 is 1.88. The van der Waals surface area contributed by atoms with E-state index >= 15 is 0 Å². The summed E-state index contributed by atoms with van der Waals surface area (Å²) in [7, 11) is 0. The van der Waals surface area contributed by atoms with Gasteiger partial charge in [0.15, 0.2) is 0 Å². The van der Waals surface area contributed by atoms with E-state index < -0.39 is 0 Å². The van der Waals surface area contributed by atoms with E-state index in [0.29, 0.717) is 5.92 Å². The van der Waals surface area contributed by atoms with Crippen LogP contribution in [0.15, 0.2) is 218 Å². The van der Waals surface area contributed by atoms with Crippen molar-refractivity contribution in [3.8, 4) is 44.5 Å². The van der Waals surface area contributed by atoms with E-state index in [9.17, 15) is 0 Å². The average Bonchev–Trinajstić information content (AvgIpc) is 3.76. The van der Waals surface area contributed by atoms with Gasteiger partial charge in [-0.15, -0.1) is 11.3 Å². The Morgan fingerprint density at radius 2 is 0.984 bits per heavy atom. The quantitative estimate of drug-likeness (QED) is 0.147. The Balaban J connectivity index is 1.15. The van der Waals surface area contributed by atoms with Crippen molar-refractivity contribution in [1.82, 2.24) is 0 Å². The van der Waals surface area contributed by atoms with Gasteiger partial charge >= 0.3 is 0 Å². The minimum atomic E-state index is 0.566. The molecule has 0 unspecified atom stereocenters. The fraction of sp³-hybridized carbons (Fsp3) is 0.0968. The molecule has 306 valence electrons. The summed E-state index contributed by atoms with van der Waals surface area (Å²) in [6.45, 7) is 0. The molecule has 1 nitrogen and oxygen atoms in total. The Morgan fingerprint density at radius 1 is 0.359 bits per heavy atom. The molecule has 1 aromatic heterocycles. The molecular weight excluding hydrogens is 791 g/mol. The Bertz CT molecular complexity index is 3490. The smallest absolute Gasteiger partial charge is 0.0546 e. The first kappa shape index (κ1) is 38.4. The number of para-hydroxylation sites is 1. The number of benzene rings is 10. The third-order valence-corrected chi connectivity index (χ3v) is 14.8. The number of anilines is 3. The SMILES string of the molecule is c1ccc(-c2ccc(-c3cccc4ccccc34)cc2N(c2cccc(-c3cccc4sc5ccccc5c34)c2)c2ccccc2-c2cccc3cccc(C4CCCCC4)c23)cc1. The molecular formula is C62H47NS. The molecule has 1 saturated carbocycles. The zero-order valence-electron chi connectivity index (χ0n) is 35.8. The van der Waals surface area contributed by atoms with Gasteiger partial charge in [0.2, 0.25) is 0 Å². The van der Waals surface area contributed by atoms with Crippen LogP contribution in [0.25, 0.3) is 86.2 Å². The minimum absolute atomic E-state index is 0.566. The third kappa shape index (κ3) is 6.78. The number of rotatable bonds is 8. The number of thiophene rings is 1. The van der Waals surface area contributed by atoms with Gasteiger partial charge in [0, 0.05) is 37.0 Å². The molecule has 1 heterocycles. The van der Waals surface area contributed by atoms with E-state index in [2.05, 4.69) is 223 Å². The molecule has 0 spiro atoms. The first-order valence-electron chi connectivity index (χ1n) is 22.9. The average molecular weight is 838 g/mol. The van der Waals surface area contributed by atoms with Crippen molar-refractivity contribution in [2.24, 2.45) is 0 Å². The van der Waals surface area contributed by atoms with Gasteiger partial charge in [-0.3, -0.25) is 0 Å². The van der Waals surface area contributed by atoms with Gasteiger partial charge < -0.3 is 4.90 Å².